The second-order valence-corrected chi connectivity index (χ2v) is 30.4. The minimum atomic E-state index is -4.93. The number of hydrogen-bond acceptors (Lipinski definition) is 14. The van der Waals surface area contributed by atoms with Gasteiger partial charge >= 0.3 is 33.6 Å². The number of aliphatic hydroxyl groups excluding tert-OH is 2. The van der Waals surface area contributed by atoms with Crippen LogP contribution in [0.15, 0.2) is 134 Å². The van der Waals surface area contributed by atoms with Crippen LogP contribution in [0.1, 0.15) is 342 Å². The number of phosphoric ester groups is 2. The predicted octanol–water partition coefficient (Wildman–Crippen LogP) is 24.7. The maximum Gasteiger partial charge on any atom is 0.472 e. The van der Waals surface area contributed by atoms with Crippen LogP contribution in [0.4, 0.5) is 0 Å². The molecule has 5 atom stereocenters. The molecule has 4 N–H and O–H groups in total. The van der Waals surface area contributed by atoms with Crippen molar-refractivity contribution in [2.75, 3.05) is 39.6 Å². The van der Waals surface area contributed by atoms with Crippen LogP contribution in [0.3, 0.4) is 0 Å². The maximum absolute atomic E-state index is 13.0. The fourth-order valence-electron chi connectivity index (χ4n) is 11.0. The van der Waals surface area contributed by atoms with Gasteiger partial charge in [0.15, 0.2) is 6.10 Å². The van der Waals surface area contributed by atoms with E-state index in [0.29, 0.717) is 19.3 Å². The van der Waals surface area contributed by atoms with Gasteiger partial charge in [0.25, 0.3) is 0 Å². The molecule has 5 unspecified atom stereocenters. The van der Waals surface area contributed by atoms with Gasteiger partial charge in [-0.2, -0.15) is 0 Å². The van der Waals surface area contributed by atoms with Crippen LogP contribution in [0.25, 0.3) is 0 Å². The van der Waals surface area contributed by atoms with Crippen molar-refractivity contribution in [1.29, 1.82) is 0 Å². The van der Waals surface area contributed by atoms with Crippen molar-refractivity contribution in [3.05, 3.63) is 134 Å². The standard InChI is InChI=1S/C87H150O16P2/c1-4-7-10-13-16-19-22-25-27-29-31-33-35-37-38-39-40-41-42-44-46-47-49-51-53-56-58-61-64-67-70-73-85(90)97-76-82(88)77-99-104(93,94)100-78-83(89)79-101-105(95,96)102-81-84(103-87(92)75-72-69-66-63-60-55-24-21-18-15-12-9-6-3)80-98-86(91)74-71-68-65-62-59-57-54-52-50-48-45-43-36-34-32-30-28-26-23-20-17-14-11-8-5-2/h7,10,16-17,19-21,24-28,31-34,37-38,40-41,43,45,82-84,88-89H,4-6,8-9,11-15,18,22-23,29-30,35-36,39,42,44,46-81H2,1-3H3,(H,93,94)(H,95,96)/b10-7-,19-16-,20-17-,24-21-,27-25-,28-26-,33-31-,34-32-,38-37-,41-40-,45-43-. The Kier molecular flexibility index (Phi) is 76.0. The molecular weight excluding hydrogens is 1360 g/mol. The van der Waals surface area contributed by atoms with Crippen LogP contribution in [-0.2, 0) is 55.8 Å². The third kappa shape index (κ3) is 80.5. The van der Waals surface area contributed by atoms with Crippen molar-refractivity contribution in [1.82, 2.24) is 0 Å². The van der Waals surface area contributed by atoms with Gasteiger partial charge < -0.3 is 34.2 Å². The molecule has 0 aromatic carbocycles. The van der Waals surface area contributed by atoms with Gasteiger partial charge in [-0.05, 0) is 141 Å². The topological polar surface area (TPSA) is 231 Å². The Morgan fingerprint density at radius 2 is 0.505 bits per heavy atom. The van der Waals surface area contributed by atoms with Gasteiger partial charge in [-0.25, -0.2) is 9.13 Å². The molecular formula is C87H150O16P2. The summed E-state index contributed by atoms with van der Waals surface area (Å²) in [6.45, 7) is 2.53. The van der Waals surface area contributed by atoms with Crippen molar-refractivity contribution in [2.24, 2.45) is 0 Å². The molecule has 0 fully saturated rings. The highest BCUT2D eigenvalue weighted by atomic mass is 31.2. The fourth-order valence-corrected chi connectivity index (χ4v) is 12.6. The molecule has 0 spiro atoms. The largest absolute Gasteiger partial charge is 0.472 e. The number of allylic oxidation sites excluding steroid dienone is 22. The molecule has 105 heavy (non-hydrogen) atoms. The summed E-state index contributed by atoms with van der Waals surface area (Å²) in [7, 11) is -9.79. The zero-order valence-electron chi connectivity index (χ0n) is 66.1. The summed E-state index contributed by atoms with van der Waals surface area (Å²) in [5.74, 6) is -1.59. The molecule has 604 valence electrons. The molecule has 0 amide bonds. The number of ether oxygens (including phenoxy) is 3. The normalized spacial score (nSPS) is 14.6. The number of rotatable bonds is 78. The Morgan fingerprint density at radius 3 is 0.829 bits per heavy atom. The van der Waals surface area contributed by atoms with Crippen molar-refractivity contribution in [3.63, 3.8) is 0 Å². The smallest absolute Gasteiger partial charge is 0.463 e. The summed E-state index contributed by atoms with van der Waals surface area (Å²) in [6, 6.07) is 0. The Balaban J connectivity index is 4.48. The molecule has 0 aromatic heterocycles. The lowest BCUT2D eigenvalue weighted by molar-refractivity contribution is -0.161. The summed E-state index contributed by atoms with van der Waals surface area (Å²) in [5.41, 5.74) is 0. The second kappa shape index (κ2) is 79.2. The second-order valence-electron chi connectivity index (χ2n) is 27.5. The van der Waals surface area contributed by atoms with E-state index < -0.39 is 91.5 Å². The fraction of sp³-hybridized carbons (Fsp3) is 0.713. The Bertz CT molecular complexity index is 2440. The highest BCUT2D eigenvalue weighted by Gasteiger charge is 2.29. The van der Waals surface area contributed by atoms with E-state index in [0.717, 1.165) is 154 Å². The molecule has 0 saturated heterocycles. The van der Waals surface area contributed by atoms with E-state index in [-0.39, 0.29) is 19.3 Å². The Labute approximate surface area is 639 Å². The van der Waals surface area contributed by atoms with Gasteiger partial charge in [-0.1, -0.05) is 315 Å². The zero-order valence-corrected chi connectivity index (χ0v) is 67.9. The number of phosphoric acid groups is 2. The van der Waals surface area contributed by atoms with Crippen LogP contribution in [0.5, 0.6) is 0 Å². The lowest BCUT2D eigenvalue weighted by Crippen LogP contribution is -2.30. The summed E-state index contributed by atoms with van der Waals surface area (Å²) in [6.07, 6.45) is 96.4. The summed E-state index contributed by atoms with van der Waals surface area (Å²) in [4.78, 5) is 58.7. The van der Waals surface area contributed by atoms with E-state index in [1.54, 1.807) is 0 Å². The van der Waals surface area contributed by atoms with Crippen LogP contribution >= 0.6 is 15.6 Å². The third-order valence-corrected chi connectivity index (χ3v) is 19.2. The zero-order chi connectivity index (χ0) is 76.6. The summed E-state index contributed by atoms with van der Waals surface area (Å²) >= 11 is 0. The monoisotopic (exact) mass is 1510 g/mol. The average molecular weight is 1510 g/mol. The number of esters is 3. The minimum Gasteiger partial charge on any atom is -0.463 e. The molecule has 0 aliphatic rings. The van der Waals surface area contributed by atoms with Gasteiger partial charge in [-0.15, -0.1) is 0 Å². The molecule has 0 aliphatic heterocycles. The minimum absolute atomic E-state index is 0.0920. The van der Waals surface area contributed by atoms with Crippen LogP contribution in [0.2, 0.25) is 0 Å². The molecule has 0 aromatic rings. The molecule has 0 rings (SSSR count). The first-order valence-corrected chi connectivity index (χ1v) is 44.5. The number of unbranched alkanes of at least 4 members (excludes halogenated alkanes) is 33. The van der Waals surface area contributed by atoms with Crippen molar-refractivity contribution in [2.45, 2.75) is 360 Å². The van der Waals surface area contributed by atoms with Crippen LogP contribution < -0.4 is 0 Å². The van der Waals surface area contributed by atoms with Crippen LogP contribution in [-0.4, -0.2) is 95.9 Å². The van der Waals surface area contributed by atoms with Crippen LogP contribution in [0, 0.1) is 0 Å². The Morgan fingerprint density at radius 1 is 0.276 bits per heavy atom. The van der Waals surface area contributed by atoms with Gasteiger partial charge in [0, 0.05) is 19.3 Å². The average Bonchev–Trinajstić information content (AvgIpc) is 0.913. The molecule has 0 saturated carbocycles. The third-order valence-electron chi connectivity index (χ3n) is 17.3. The van der Waals surface area contributed by atoms with Gasteiger partial charge in [0.1, 0.15) is 25.4 Å². The molecule has 0 bridgehead atoms. The van der Waals surface area contributed by atoms with E-state index in [4.69, 9.17) is 32.3 Å². The predicted molar refractivity (Wildman–Crippen MR) is 436 cm³/mol. The van der Waals surface area contributed by atoms with E-state index in [9.17, 15) is 43.5 Å². The van der Waals surface area contributed by atoms with E-state index in [2.05, 4.69) is 154 Å². The lowest BCUT2D eigenvalue weighted by Gasteiger charge is -2.21. The van der Waals surface area contributed by atoms with E-state index >= 15 is 0 Å². The number of aliphatic hydroxyl groups is 2. The molecule has 18 heteroatoms. The first kappa shape index (κ1) is 101. The first-order chi connectivity index (χ1) is 51.2. The lowest BCUT2D eigenvalue weighted by atomic mass is 10.0. The molecule has 0 aliphatic carbocycles. The van der Waals surface area contributed by atoms with Crippen molar-refractivity contribution >= 4 is 33.6 Å². The summed E-state index contributed by atoms with van der Waals surface area (Å²) in [5, 5.41) is 20.7. The number of carbonyl (C=O) groups excluding carboxylic acids is 3. The Hall–Kier alpha value is -4.31. The first-order valence-electron chi connectivity index (χ1n) is 41.5. The van der Waals surface area contributed by atoms with E-state index in [1.165, 1.54) is 128 Å². The maximum atomic E-state index is 13.0. The van der Waals surface area contributed by atoms with E-state index in [1.807, 2.05) is 0 Å². The van der Waals surface area contributed by atoms with Gasteiger partial charge in [-0.3, -0.25) is 32.5 Å². The molecule has 0 radical (unpaired) electrons. The molecule has 0 heterocycles. The number of hydrogen-bond donors (Lipinski definition) is 4. The van der Waals surface area contributed by atoms with Gasteiger partial charge in [0.2, 0.25) is 0 Å². The SMILES string of the molecule is CC/C=C\C/C=C\C/C=C\C/C=C\C/C=C\C/C=C\CCCCCCCCCCCCCCC(=O)OCC(O)COP(=O)(O)OCC(O)COP(=O)(O)OCC(COC(=O)CCCCCCCCCCC/C=C\C/C=C\C/C=C\C/C=C\CCCCC)OC(=O)CCCCCCC/C=C\CCCCCC. The quantitative estimate of drug-likeness (QED) is 0.0146. The van der Waals surface area contributed by atoms with Crippen molar-refractivity contribution < 1.29 is 75.8 Å². The number of carbonyl (C=O) groups is 3. The van der Waals surface area contributed by atoms with Crippen molar-refractivity contribution in [3.8, 4) is 0 Å². The highest BCUT2D eigenvalue weighted by Crippen LogP contribution is 2.45. The molecule has 16 nitrogen and oxygen atoms in total. The van der Waals surface area contributed by atoms with Gasteiger partial charge in [0.05, 0.1) is 26.4 Å². The summed E-state index contributed by atoms with van der Waals surface area (Å²) < 4.78 is 61.2. The highest BCUT2D eigenvalue weighted by molar-refractivity contribution is 7.47.